The maximum absolute atomic E-state index is 14.2. The van der Waals surface area contributed by atoms with Crippen LogP contribution in [0.5, 0.6) is 0 Å². The van der Waals surface area contributed by atoms with Crippen molar-refractivity contribution in [1.29, 1.82) is 0 Å². The van der Waals surface area contributed by atoms with Crippen molar-refractivity contribution in [3.63, 3.8) is 0 Å². The van der Waals surface area contributed by atoms with E-state index in [1.54, 1.807) is 48.3 Å². The maximum atomic E-state index is 14.2. The number of nitro groups is 1. The van der Waals surface area contributed by atoms with E-state index in [0.717, 1.165) is 11.3 Å². The Morgan fingerprint density at radius 3 is 2.76 bits per heavy atom. The van der Waals surface area contributed by atoms with E-state index in [1.165, 1.54) is 6.07 Å². The number of nitrogens with zero attached hydrogens (tertiary/aromatic N) is 3. The van der Waals surface area contributed by atoms with Gasteiger partial charge in [0.25, 0.3) is 5.69 Å². The van der Waals surface area contributed by atoms with Crippen LogP contribution in [-0.2, 0) is 10.3 Å². The first-order valence-electron chi connectivity index (χ1n) is 11.0. The van der Waals surface area contributed by atoms with Crippen molar-refractivity contribution in [2.45, 2.75) is 17.5 Å². The van der Waals surface area contributed by atoms with Gasteiger partial charge in [0.05, 0.1) is 10.8 Å². The Hall–Kier alpha value is -3.56. The van der Waals surface area contributed by atoms with Gasteiger partial charge in [0, 0.05) is 53.2 Å². The molecule has 4 atom stereocenters. The van der Waals surface area contributed by atoms with Gasteiger partial charge in [0.15, 0.2) is 5.78 Å². The molecule has 9 heteroatoms. The number of nitro benzene ring substituents is 1. The molecule has 0 aliphatic carbocycles. The van der Waals surface area contributed by atoms with Crippen LogP contribution in [-0.4, -0.2) is 44.2 Å². The molecular formula is C25H20N4O4S. The molecule has 1 aromatic heterocycles. The summed E-state index contributed by atoms with van der Waals surface area (Å²) in [4.78, 5) is 45.6. The molecule has 3 aliphatic heterocycles. The fourth-order valence-electron chi connectivity index (χ4n) is 5.92. The van der Waals surface area contributed by atoms with Gasteiger partial charge < -0.3 is 5.32 Å². The number of anilines is 1. The van der Waals surface area contributed by atoms with Crippen LogP contribution in [0.4, 0.5) is 11.4 Å². The molecule has 8 nitrogen and oxygen atoms in total. The molecule has 34 heavy (non-hydrogen) atoms. The molecule has 4 heterocycles. The van der Waals surface area contributed by atoms with Crippen molar-refractivity contribution in [2.24, 2.45) is 5.92 Å². The van der Waals surface area contributed by atoms with Gasteiger partial charge in [-0.3, -0.25) is 29.6 Å². The number of pyridine rings is 1. The minimum Gasteiger partial charge on any atom is -0.324 e. The number of thioether (sulfide) groups is 1. The highest BCUT2D eigenvalue weighted by atomic mass is 32.2. The third-order valence-electron chi connectivity index (χ3n) is 7.19. The van der Waals surface area contributed by atoms with Crippen molar-refractivity contribution in [3.05, 3.63) is 99.9 Å². The summed E-state index contributed by atoms with van der Waals surface area (Å²) in [6.45, 7) is 0. The number of nitrogens with one attached hydrogen (secondary N) is 1. The molecule has 2 saturated heterocycles. The summed E-state index contributed by atoms with van der Waals surface area (Å²) in [5, 5.41) is 14.6. The molecule has 1 spiro atoms. The maximum Gasteiger partial charge on any atom is 0.269 e. The minimum absolute atomic E-state index is 0.0315. The van der Waals surface area contributed by atoms with Gasteiger partial charge in [-0.2, -0.15) is 0 Å². The Bertz CT molecular complexity index is 1330. The van der Waals surface area contributed by atoms with E-state index in [9.17, 15) is 19.7 Å². The average molecular weight is 473 g/mol. The molecule has 0 saturated carbocycles. The molecule has 1 N–H and O–H groups in total. The van der Waals surface area contributed by atoms with Gasteiger partial charge in [-0.05, 0) is 23.8 Å². The summed E-state index contributed by atoms with van der Waals surface area (Å²) >= 11 is 1.71. The lowest BCUT2D eigenvalue weighted by Gasteiger charge is -2.36. The first kappa shape index (κ1) is 21.0. The number of rotatable bonds is 4. The molecule has 3 aliphatic rings. The van der Waals surface area contributed by atoms with E-state index in [-0.39, 0.29) is 29.1 Å². The fraction of sp³-hybridized carbons (Fsp3) is 0.240. The van der Waals surface area contributed by atoms with Crippen LogP contribution in [0.2, 0.25) is 0 Å². The number of hydrogen-bond acceptors (Lipinski definition) is 7. The van der Waals surface area contributed by atoms with Crippen molar-refractivity contribution >= 4 is 34.8 Å². The predicted octanol–water partition coefficient (Wildman–Crippen LogP) is 3.81. The van der Waals surface area contributed by atoms with Gasteiger partial charge in [-0.25, -0.2) is 0 Å². The number of amides is 1. The molecular weight excluding hydrogens is 452 g/mol. The van der Waals surface area contributed by atoms with E-state index in [0.29, 0.717) is 17.1 Å². The van der Waals surface area contributed by atoms with Crippen molar-refractivity contribution in [3.8, 4) is 0 Å². The molecule has 6 rings (SSSR count). The van der Waals surface area contributed by atoms with Crippen LogP contribution >= 0.6 is 11.8 Å². The van der Waals surface area contributed by atoms with Crippen LogP contribution in [0.25, 0.3) is 0 Å². The number of carbonyl (C=O) groups is 2. The summed E-state index contributed by atoms with van der Waals surface area (Å²) in [7, 11) is 0. The smallest absolute Gasteiger partial charge is 0.269 e. The third-order valence-corrected chi connectivity index (χ3v) is 8.23. The zero-order chi connectivity index (χ0) is 23.4. The van der Waals surface area contributed by atoms with Crippen molar-refractivity contribution in [2.75, 3.05) is 16.9 Å². The van der Waals surface area contributed by atoms with Gasteiger partial charge in [-0.1, -0.05) is 36.4 Å². The summed E-state index contributed by atoms with van der Waals surface area (Å²) in [5.41, 5.74) is 1.20. The van der Waals surface area contributed by atoms with Crippen LogP contribution in [0.15, 0.2) is 72.9 Å². The molecule has 1 amide bonds. The Balaban J connectivity index is 1.62. The molecule has 3 aromatic rings. The van der Waals surface area contributed by atoms with Crippen LogP contribution in [0, 0.1) is 16.0 Å². The van der Waals surface area contributed by atoms with Crippen LogP contribution in [0.1, 0.15) is 27.5 Å². The zero-order valence-corrected chi connectivity index (χ0v) is 18.8. The van der Waals surface area contributed by atoms with Gasteiger partial charge in [0.1, 0.15) is 11.2 Å². The number of ketones is 1. The molecule has 0 unspecified atom stereocenters. The average Bonchev–Trinajstić information content (AvgIpc) is 3.52. The summed E-state index contributed by atoms with van der Waals surface area (Å²) in [5.74, 6) is -0.368. The number of non-ortho nitro benzene ring substituents is 1. The lowest BCUT2D eigenvalue weighted by molar-refractivity contribution is -0.384. The standard InChI is InChI=1S/C25H20N4O4S/c30-23(19-10-3-4-11-26-19)22-21(15-6-5-7-16(12-15)29(32)33)20-13-34-14-28(20)25(22)17-8-1-2-9-18(17)27-24(25)31/h1-12,20-22H,13-14H2,(H,27,31)/t20-,21-,22-,25+/m0/s1. The van der Waals surface area contributed by atoms with E-state index in [2.05, 4.69) is 15.2 Å². The first-order valence-corrected chi connectivity index (χ1v) is 12.1. The number of carbonyl (C=O) groups excluding carboxylic acids is 2. The van der Waals surface area contributed by atoms with E-state index in [4.69, 9.17) is 0 Å². The second-order valence-corrected chi connectivity index (χ2v) is 9.74. The van der Waals surface area contributed by atoms with Crippen molar-refractivity contribution in [1.82, 2.24) is 9.88 Å². The highest BCUT2D eigenvalue weighted by Crippen LogP contribution is 2.61. The van der Waals surface area contributed by atoms with Gasteiger partial charge in [0.2, 0.25) is 5.91 Å². The summed E-state index contributed by atoms with van der Waals surface area (Å²) < 4.78 is 0. The predicted molar refractivity (Wildman–Crippen MR) is 128 cm³/mol. The van der Waals surface area contributed by atoms with Crippen LogP contribution in [0.3, 0.4) is 0 Å². The monoisotopic (exact) mass is 472 g/mol. The fourth-order valence-corrected chi connectivity index (χ4v) is 7.24. The minimum atomic E-state index is -1.21. The summed E-state index contributed by atoms with van der Waals surface area (Å²) in [6.07, 6.45) is 1.57. The Kier molecular flexibility index (Phi) is 4.79. The highest BCUT2D eigenvalue weighted by molar-refractivity contribution is 7.99. The molecule has 2 fully saturated rings. The zero-order valence-electron chi connectivity index (χ0n) is 18.0. The van der Waals surface area contributed by atoms with Crippen LogP contribution < -0.4 is 5.32 Å². The normalized spacial score (nSPS) is 27.4. The Morgan fingerprint density at radius 1 is 1.15 bits per heavy atom. The quantitative estimate of drug-likeness (QED) is 0.350. The molecule has 0 bridgehead atoms. The molecule has 2 aromatic carbocycles. The summed E-state index contributed by atoms with van der Waals surface area (Å²) in [6, 6.07) is 19.0. The second kappa shape index (κ2) is 7.75. The third kappa shape index (κ3) is 2.80. The number of fused-ring (bicyclic) bond motifs is 4. The topological polar surface area (TPSA) is 105 Å². The van der Waals surface area contributed by atoms with Gasteiger partial charge >= 0.3 is 0 Å². The first-order chi connectivity index (χ1) is 16.5. The highest BCUT2D eigenvalue weighted by Gasteiger charge is 2.69. The largest absolute Gasteiger partial charge is 0.324 e. The molecule has 170 valence electrons. The number of hydrogen-bond donors (Lipinski definition) is 1. The lowest BCUT2D eigenvalue weighted by Crippen LogP contribution is -2.52. The Labute approximate surface area is 199 Å². The SMILES string of the molecule is O=C(c1ccccn1)[C@@H]1[C@@H](c2cccc([N+](=O)[O-])c2)[C@@H]2CSCN2[C@@]12C(=O)Nc1ccccc12. The number of aromatic nitrogens is 1. The molecule has 0 radical (unpaired) electrons. The Morgan fingerprint density at radius 2 is 1.97 bits per heavy atom. The van der Waals surface area contributed by atoms with E-state index < -0.39 is 22.3 Å². The number of para-hydroxylation sites is 1. The van der Waals surface area contributed by atoms with Crippen molar-refractivity contribution < 1.29 is 14.5 Å². The van der Waals surface area contributed by atoms with Gasteiger partial charge in [-0.15, -0.1) is 11.8 Å². The van der Waals surface area contributed by atoms with E-state index in [1.807, 2.05) is 30.3 Å². The lowest BCUT2D eigenvalue weighted by atomic mass is 9.70. The van der Waals surface area contributed by atoms with E-state index >= 15 is 0 Å². The number of Topliss-reactive ketones (excluding diaryl/α,β-unsaturated/α-hetero) is 1. The second-order valence-electron chi connectivity index (χ2n) is 8.74. The number of benzene rings is 2.